The van der Waals surface area contributed by atoms with Crippen LogP contribution in [0.5, 0.6) is 0 Å². The smallest absolute Gasteiger partial charge is 0.179 e. The van der Waals surface area contributed by atoms with E-state index < -0.39 is 0 Å². The third kappa shape index (κ3) is 3.87. The van der Waals surface area contributed by atoms with Crippen molar-refractivity contribution in [1.82, 2.24) is 15.0 Å². The third-order valence-electron chi connectivity index (χ3n) is 3.40. The number of aryl methyl sites for hydroxylation is 2. The average Bonchev–Trinajstić information content (AvgIpc) is 2.42. The molecule has 2 heterocycles. The molecule has 2 aromatic heterocycles. The van der Waals surface area contributed by atoms with Gasteiger partial charge in [0.15, 0.2) is 5.82 Å². The lowest BCUT2D eigenvalue weighted by Gasteiger charge is -2.14. The van der Waals surface area contributed by atoms with E-state index in [1.54, 1.807) is 6.20 Å². The first-order valence-electron chi connectivity index (χ1n) is 6.78. The van der Waals surface area contributed by atoms with Gasteiger partial charge in [0.2, 0.25) is 0 Å². The fraction of sp³-hybridized carbons (Fsp3) is 0.400. The van der Waals surface area contributed by atoms with Gasteiger partial charge >= 0.3 is 0 Å². The number of nitrogens with two attached hydrogens (primary N) is 1. The Morgan fingerprint density at radius 3 is 2.33 bits per heavy atom. The standard InChI is InChI=1S/C15H18Br2N4/c1-8(6-18)4-12-9(2)20-15(21-10(12)3)14-13(17)5-11(16)7-19-14/h5,7-8H,4,6,18H2,1-3H3. The van der Waals surface area contributed by atoms with Crippen molar-refractivity contribution in [2.75, 3.05) is 6.54 Å². The summed E-state index contributed by atoms with van der Waals surface area (Å²) in [6.45, 7) is 6.84. The van der Waals surface area contributed by atoms with Crippen LogP contribution in [0.4, 0.5) is 0 Å². The molecular formula is C15H18Br2N4. The van der Waals surface area contributed by atoms with Gasteiger partial charge in [-0.25, -0.2) is 9.97 Å². The second-order valence-electron chi connectivity index (χ2n) is 5.23. The van der Waals surface area contributed by atoms with Crippen molar-refractivity contribution in [3.8, 4) is 11.5 Å². The minimum Gasteiger partial charge on any atom is -0.330 e. The molecule has 112 valence electrons. The van der Waals surface area contributed by atoms with Crippen molar-refractivity contribution in [2.45, 2.75) is 27.2 Å². The molecule has 0 spiro atoms. The molecule has 2 aromatic rings. The molecule has 0 saturated heterocycles. The predicted octanol–water partition coefficient (Wildman–Crippen LogP) is 3.82. The van der Waals surface area contributed by atoms with Crippen molar-refractivity contribution >= 4 is 31.9 Å². The lowest BCUT2D eigenvalue weighted by Crippen LogP contribution is -2.15. The van der Waals surface area contributed by atoms with Gasteiger partial charge in [0.1, 0.15) is 5.69 Å². The molecule has 0 saturated carbocycles. The van der Waals surface area contributed by atoms with Crippen molar-refractivity contribution in [2.24, 2.45) is 11.7 Å². The molecule has 4 nitrogen and oxygen atoms in total. The predicted molar refractivity (Wildman–Crippen MR) is 92.1 cm³/mol. The summed E-state index contributed by atoms with van der Waals surface area (Å²) < 4.78 is 1.79. The van der Waals surface area contributed by atoms with Crippen LogP contribution in [0.3, 0.4) is 0 Å². The van der Waals surface area contributed by atoms with E-state index in [1.165, 1.54) is 5.56 Å². The fourth-order valence-corrected chi connectivity index (χ4v) is 3.32. The topological polar surface area (TPSA) is 64.7 Å². The van der Waals surface area contributed by atoms with Crippen molar-refractivity contribution in [1.29, 1.82) is 0 Å². The molecule has 0 fully saturated rings. The summed E-state index contributed by atoms with van der Waals surface area (Å²) in [7, 11) is 0. The Hall–Kier alpha value is -0.850. The highest BCUT2D eigenvalue weighted by Crippen LogP contribution is 2.27. The zero-order chi connectivity index (χ0) is 15.6. The Labute approximate surface area is 141 Å². The van der Waals surface area contributed by atoms with Crippen LogP contribution in [0.25, 0.3) is 11.5 Å². The molecular weight excluding hydrogens is 396 g/mol. The summed E-state index contributed by atoms with van der Waals surface area (Å²) in [5, 5.41) is 0. The summed E-state index contributed by atoms with van der Waals surface area (Å²) in [6, 6.07) is 1.95. The minimum atomic E-state index is 0.425. The van der Waals surface area contributed by atoms with Crippen LogP contribution < -0.4 is 5.73 Å². The first-order chi connectivity index (χ1) is 9.92. The molecule has 0 aromatic carbocycles. The molecule has 21 heavy (non-hydrogen) atoms. The number of rotatable bonds is 4. The summed E-state index contributed by atoms with van der Waals surface area (Å²) in [4.78, 5) is 13.6. The Bertz CT molecular complexity index is 635. The van der Waals surface area contributed by atoms with E-state index in [2.05, 4.69) is 53.7 Å². The van der Waals surface area contributed by atoms with Gasteiger partial charge in [-0.3, -0.25) is 4.98 Å². The lowest BCUT2D eigenvalue weighted by molar-refractivity contribution is 0.586. The second-order valence-corrected chi connectivity index (χ2v) is 7.00. The molecule has 0 aliphatic carbocycles. The number of pyridine rings is 1. The monoisotopic (exact) mass is 412 g/mol. The Morgan fingerprint density at radius 2 is 1.81 bits per heavy atom. The molecule has 0 aliphatic heterocycles. The summed E-state index contributed by atoms with van der Waals surface area (Å²) in [5.41, 5.74) is 9.64. The Kier molecular flexibility index (Phi) is 5.46. The first kappa shape index (κ1) is 16.5. The average molecular weight is 414 g/mol. The van der Waals surface area contributed by atoms with Gasteiger partial charge in [0.25, 0.3) is 0 Å². The van der Waals surface area contributed by atoms with Crippen molar-refractivity contribution < 1.29 is 0 Å². The van der Waals surface area contributed by atoms with E-state index in [-0.39, 0.29) is 0 Å². The van der Waals surface area contributed by atoms with E-state index in [0.717, 1.165) is 32.4 Å². The van der Waals surface area contributed by atoms with Gasteiger partial charge in [-0.15, -0.1) is 0 Å². The van der Waals surface area contributed by atoms with Gasteiger partial charge in [0.05, 0.1) is 0 Å². The highest BCUT2D eigenvalue weighted by atomic mass is 79.9. The van der Waals surface area contributed by atoms with Crippen molar-refractivity contribution in [3.63, 3.8) is 0 Å². The number of aromatic nitrogens is 3. The van der Waals surface area contributed by atoms with Crippen LogP contribution in [-0.4, -0.2) is 21.5 Å². The lowest BCUT2D eigenvalue weighted by atomic mass is 9.99. The molecule has 2 N–H and O–H groups in total. The van der Waals surface area contributed by atoms with E-state index in [9.17, 15) is 0 Å². The van der Waals surface area contributed by atoms with E-state index in [0.29, 0.717) is 18.3 Å². The number of nitrogens with zero attached hydrogens (tertiary/aromatic N) is 3. The molecule has 0 amide bonds. The molecule has 6 heteroatoms. The zero-order valence-corrected chi connectivity index (χ0v) is 15.5. The Morgan fingerprint density at radius 1 is 1.19 bits per heavy atom. The minimum absolute atomic E-state index is 0.425. The maximum absolute atomic E-state index is 5.71. The number of hydrogen-bond donors (Lipinski definition) is 1. The van der Waals surface area contributed by atoms with Crippen LogP contribution in [-0.2, 0) is 6.42 Å². The van der Waals surface area contributed by atoms with Crippen LogP contribution in [0.2, 0.25) is 0 Å². The zero-order valence-electron chi connectivity index (χ0n) is 12.3. The van der Waals surface area contributed by atoms with E-state index >= 15 is 0 Å². The highest BCUT2D eigenvalue weighted by Gasteiger charge is 2.15. The highest BCUT2D eigenvalue weighted by molar-refractivity contribution is 9.11. The van der Waals surface area contributed by atoms with E-state index in [4.69, 9.17) is 5.73 Å². The molecule has 1 atom stereocenters. The summed E-state index contributed by atoms with van der Waals surface area (Å²) >= 11 is 6.91. The number of halogens is 2. The maximum atomic E-state index is 5.71. The SMILES string of the molecule is Cc1nc(-c2ncc(Br)cc2Br)nc(C)c1CC(C)CN. The first-order valence-corrected chi connectivity index (χ1v) is 8.36. The number of hydrogen-bond acceptors (Lipinski definition) is 4. The van der Waals surface area contributed by atoms with Crippen LogP contribution >= 0.6 is 31.9 Å². The van der Waals surface area contributed by atoms with Crippen LogP contribution in [0.1, 0.15) is 23.9 Å². The molecule has 0 bridgehead atoms. The van der Waals surface area contributed by atoms with Gasteiger partial charge < -0.3 is 5.73 Å². The van der Waals surface area contributed by atoms with Crippen LogP contribution in [0, 0.1) is 19.8 Å². The molecule has 2 rings (SSSR count). The van der Waals surface area contributed by atoms with E-state index in [1.807, 2.05) is 19.9 Å². The third-order valence-corrected chi connectivity index (χ3v) is 4.43. The van der Waals surface area contributed by atoms with Gasteiger partial charge in [-0.1, -0.05) is 6.92 Å². The second kappa shape index (κ2) is 6.94. The normalized spacial score (nSPS) is 12.5. The molecule has 1 unspecified atom stereocenters. The fourth-order valence-electron chi connectivity index (χ4n) is 2.15. The quantitative estimate of drug-likeness (QED) is 0.827. The summed E-state index contributed by atoms with van der Waals surface area (Å²) in [5.74, 6) is 1.07. The Balaban J connectivity index is 2.44. The van der Waals surface area contributed by atoms with Gasteiger partial charge in [0, 0.05) is 26.5 Å². The van der Waals surface area contributed by atoms with Gasteiger partial charge in [-0.05, 0) is 76.2 Å². The van der Waals surface area contributed by atoms with Crippen LogP contribution in [0.15, 0.2) is 21.2 Å². The largest absolute Gasteiger partial charge is 0.330 e. The molecule has 0 aliphatic rings. The molecule has 0 radical (unpaired) electrons. The van der Waals surface area contributed by atoms with Crippen molar-refractivity contribution in [3.05, 3.63) is 38.2 Å². The summed E-state index contributed by atoms with van der Waals surface area (Å²) in [6.07, 6.45) is 2.65. The maximum Gasteiger partial charge on any atom is 0.179 e. The van der Waals surface area contributed by atoms with Gasteiger partial charge in [-0.2, -0.15) is 0 Å².